The Morgan fingerprint density at radius 3 is 2.78 bits per heavy atom. The van der Waals surface area contributed by atoms with Crippen LogP contribution >= 0.6 is 0 Å². The zero-order valence-corrected chi connectivity index (χ0v) is 16.2. The zero-order valence-electron chi connectivity index (χ0n) is 16.2. The number of rotatable bonds is 7. The third-order valence-corrected chi connectivity index (χ3v) is 4.86. The van der Waals surface area contributed by atoms with Crippen molar-refractivity contribution in [1.82, 2.24) is 10.3 Å². The second-order valence-corrected chi connectivity index (χ2v) is 6.87. The average molecular weight is 367 g/mol. The molecule has 1 aromatic heterocycles. The lowest BCUT2D eigenvalue weighted by Crippen LogP contribution is -2.37. The first-order chi connectivity index (χ1) is 13.2. The Hall–Kier alpha value is -2.76. The molecule has 1 fully saturated rings. The van der Waals surface area contributed by atoms with Gasteiger partial charge in [0.15, 0.2) is 5.82 Å². The van der Waals surface area contributed by atoms with Gasteiger partial charge in [-0.05, 0) is 56.5 Å². The summed E-state index contributed by atoms with van der Waals surface area (Å²) in [5, 5.41) is 5.92. The van der Waals surface area contributed by atoms with Crippen LogP contribution in [0, 0.1) is 6.92 Å². The predicted molar refractivity (Wildman–Crippen MR) is 112 cm³/mol. The number of amides is 2. The van der Waals surface area contributed by atoms with Crippen molar-refractivity contribution >= 4 is 23.2 Å². The molecule has 1 saturated heterocycles. The maximum absolute atomic E-state index is 12.4. The van der Waals surface area contributed by atoms with E-state index in [0.29, 0.717) is 6.54 Å². The number of pyridine rings is 1. The molecule has 0 saturated carbocycles. The molecule has 2 amide bonds. The maximum Gasteiger partial charge on any atom is 0.319 e. The molecule has 6 nitrogen and oxygen atoms in total. The van der Waals surface area contributed by atoms with Gasteiger partial charge in [0.05, 0.1) is 5.69 Å². The molecule has 1 aromatic carbocycles. The van der Waals surface area contributed by atoms with Gasteiger partial charge in [-0.1, -0.05) is 12.1 Å². The van der Waals surface area contributed by atoms with E-state index in [1.807, 2.05) is 12.1 Å². The minimum atomic E-state index is -0.191. The largest absolute Gasteiger partial charge is 0.370 e. The lowest BCUT2D eigenvalue weighted by Gasteiger charge is -2.24. The van der Waals surface area contributed by atoms with Crippen LogP contribution in [0.15, 0.2) is 42.6 Å². The van der Waals surface area contributed by atoms with E-state index in [4.69, 9.17) is 0 Å². The van der Waals surface area contributed by atoms with Crippen LogP contribution in [0.3, 0.4) is 0 Å². The number of urea groups is 1. The summed E-state index contributed by atoms with van der Waals surface area (Å²) in [6, 6.07) is 12.0. The van der Waals surface area contributed by atoms with E-state index in [1.165, 1.54) is 24.1 Å². The number of hydrogen-bond donors (Lipinski definition) is 2. The number of likely N-dealkylation sites (N-methyl/N-ethyl adjacent to an activating group) is 1. The molecule has 0 unspecified atom stereocenters. The van der Waals surface area contributed by atoms with Crippen molar-refractivity contribution in [3.8, 4) is 0 Å². The lowest BCUT2D eigenvalue weighted by atomic mass is 10.2. The van der Waals surface area contributed by atoms with Crippen molar-refractivity contribution in [1.29, 1.82) is 0 Å². The normalized spacial score (nSPS) is 13.5. The van der Waals surface area contributed by atoms with Gasteiger partial charge in [-0.25, -0.2) is 9.78 Å². The Kier molecular flexibility index (Phi) is 6.52. The topological polar surface area (TPSA) is 60.5 Å². The van der Waals surface area contributed by atoms with Crippen LogP contribution in [0.2, 0.25) is 0 Å². The van der Waals surface area contributed by atoms with E-state index in [-0.39, 0.29) is 6.03 Å². The maximum atomic E-state index is 12.4. The molecular formula is C21H29N5O. The van der Waals surface area contributed by atoms with Crippen molar-refractivity contribution in [2.45, 2.75) is 26.7 Å². The van der Waals surface area contributed by atoms with E-state index < -0.39 is 0 Å². The first kappa shape index (κ1) is 19.0. The van der Waals surface area contributed by atoms with Crippen LogP contribution in [-0.4, -0.2) is 43.7 Å². The smallest absolute Gasteiger partial charge is 0.319 e. The predicted octanol–water partition coefficient (Wildman–Crippen LogP) is 3.64. The van der Waals surface area contributed by atoms with Gasteiger partial charge in [-0.2, -0.15) is 0 Å². The summed E-state index contributed by atoms with van der Waals surface area (Å²) in [4.78, 5) is 21.3. The fourth-order valence-corrected chi connectivity index (χ4v) is 3.44. The third kappa shape index (κ3) is 5.12. The second kappa shape index (κ2) is 9.26. The van der Waals surface area contributed by atoms with Crippen LogP contribution in [0.5, 0.6) is 0 Å². The first-order valence-electron chi connectivity index (χ1n) is 9.74. The number of nitrogens with one attached hydrogen (secondary N) is 2. The molecule has 0 atom stereocenters. The van der Waals surface area contributed by atoms with Crippen molar-refractivity contribution < 1.29 is 4.79 Å². The quantitative estimate of drug-likeness (QED) is 0.784. The first-order valence-corrected chi connectivity index (χ1v) is 9.74. The SMILES string of the molecule is CCN(CCNC(=O)Nc1cccnc1N1CCCC1)c1cccc(C)c1. The molecule has 2 N–H and O–H groups in total. The van der Waals surface area contributed by atoms with Gasteiger partial charge < -0.3 is 20.4 Å². The summed E-state index contributed by atoms with van der Waals surface area (Å²) in [5.41, 5.74) is 3.19. The fourth-order valence-electron chi connectivity index (χ4n) is 3.44. The van der Waals surface area contributed by atoms with Gasteiger partial charge in [-0.3, -0.25) is 0 Å². The molecule has 6 heteroatoms. The number of benzene rings is 1. The van der Waals surface area contributed by atoms with E-state index in [9.17, 15) is 4.79 Å². The minimum absolute atomic E-state index is 0.191. The number of nitrogens with zero attached hydrogens (tertiary/aromatic N) is 3. The zero-order chi connectivity index (χ0) is 19.1. The number of anilines is 3. The summed E-state index contributed by atoms with van der Waals surface area (Å²) in [7, 11) is 0. The summed E-state index contributed by atoms with van der Waals surface area (Å²) < 4.78 is 0. The van der Waals surface area contributed by atoms with Crippen LogP contribution in [0.4, 0.5) is 22.0 Å². The Morgan fingerprint density at radius 1 is 1.22 bits per heavy atom. The summed E-state index contributed by atoms with van der Waals surface area (Å²) >= 11 is 0. The standard InChI is InChI=1S/C21H29N5O/c1-3-25(18-9-6-8-17(2)16-18)15-12-23-21(27)24-19-10-7-11-22-20(19)26-13-4-5-14-26/h6-11,16H,3-5,12-15H2,1-2H3,(H2,23,24,27). The van der Waals surface area contributed by atoms with Crippen LogP contribution in [0.1, 0.15) is 25.3 Å². The Morgan fingerprint density at radius 2 is 2.04 bits per heavy atom. The highest BCUT2D eigenvalue weighted by molar-refractivity contribution is 5.92. The molecule has 27 heavy (non-hydrogen) atoms. The van der Waals surface area contributed by atoms with Gasteiger partial charge in [0.1, 0.15) is 0 Å². The lowest BCUT2D eigenvalue weighted by molar-refractivity contribution is 0.252. The van der Waals surface area contributed by atoms with Gasteiger partial charge in [0, 0.05) is 44.6 Å². The van der Waals surface area contributed by atoms with Gasteiger partial charge in [0.2, 0.25) is 0 Å². The number of hydrogen-bond acceptors (Lipinski definition) is 4. The molecule has 1 aliphatic heterocycles. The highest BCUT2D eigenvalue weighted by Crippen LogP contribution is 2.25. The van der Waals surface area contributed by atoms with Crippen molar-refractivity contribution in [2.75, 3.05) is 47.8 Å². The minimum Gasteiger partial charge on any atom is -0.370 e. The van der Waals surface area contributed by atoms with Gasteiger partial charge in [-0.15, -0.1) is 0 Å². The fraction of sp³-hybridized carbons (Fsp3) is 0.429. The molecule has 0 bridgehead atoms. The van der Waals surface area contributed by atoms with E-state index >= 15 is 0 Å². The Labute approximate surface area is 161 Å². The van der Waals surface area contributed by atoms with Crippen molar-refractivity contribution in [3.05, 3.63) is 48.2 Å². The number of aromatic nitrogens is 1. The van der Waals surface area contributed by atoms with Gasteiger partial charge >= 0.3 is 6.03 Å². The monoisotopic (exact) mass is 367 g/mol. The van der Waals surface area contributed by atoms with Crippen LogP contribution in [0.25, 0.3) is 0 Å². The average Bonchev–Trinajstić information content (AvgIpc) is 3.20. The number of carbonyl (C=O) groups is 1. The second-order valence-electron chi connectivity index (χ2n) is 6.87. The summed E-state index contributed by atoms with van der Waals surface area (Å²) in [6.45, 7) is 8.45. The van der Waals surface area contributed by atoms with E-state index in [0.717, 1.165) is 37.7 Å². The highest BCUT2D eigenvalue weighted by Gasteiger charge is 2.17. The number of aryl methyl sites for hydroxylation is 1. The number of carbonyl (C=O) groups excluding carboxylic acids is 1. The molecule has 0 aliphatic carbocycles. The van der Waals surface area contributed by atoms with Gasteiger partial charge in [0.25, 0.3) is 0 Å². The van der Waals surface area contributed by atoms with E-state index in [2.05, 4.69) is 63.5 Å². The molecule has 0 radical (unpaired) electrons. The van der Waals surface area contributed by atoms with Crippen LogP contribution in [-0.2, 0) is 0 Å². The Balaban J connectivity index is 1.53. The summed E-state index contributed by atoms with van der Waals surface area (Å²) in [5.74, 6) is 0.861. The molecule has 144 valence electrons. The summed E-state index contributed by atoms with van der Waals surface area (Å²) in [6.07, 6.45) is 4.12. The molecular weight excluding hydrogens is 338 g/mol. The van der Waals surface area contributed by atoms with Crippen molar-refractivity contribution in [2.24, 2.45) is 0 Å². The molecule has 2 aromatic rings. The Bertz CT molecular complexity index is 758. The highest BCUT2D eigenvalue weighted by atomic mass is 16.2. The van der Waals surface area contributed by atoms with E-state index in [1.54, 1.807) is 6.20 Å². The molecule has 0 spiro atoms. The third-order valence-electron chi connectivity index (χ3n) is 4.86. The van der Waals surface area contributed by atoms with Crippen molar-refractivity contribution in [3.63, 3.8) is 0 Å². The molecule has 2 heterocycles. The molecule has 1 aliphatic rings. The molecule has 3 rings (SSSR count). The van der Waals surface area contributed by atoms with Crippen LogP contribution < -0.4 is 20.4 Å².